The van der Waals surface area contributed by atoms with Crippen LogP contribution < -0.4 is 4.72 Å². The lowest BCUT2D eigenvalue weighted by Crippen LogP contribution is -2.61. The first-order valence-corrected chi connectivity index (χ1v) is 7.20. The number of carbonyl (C=O) groups excluding carboxylic acids is 1. The molecular formula is C11H18F3NO2S. The Kier molecular flexibility index (Phi) is 5.08. The van der Waals surface area contributed by atoms with Gasteiger partial charge < -0.3 is 4.55 Å². The van der Waals surface area contributed by atoms with Crippen molar-refractivity contribution in [2.45, 2.75) is 62.9 Å². The number of ketones is 1. The SMILES string of the molecule is CCC(C)[S+]([O-])NC1(C(F)(F)F)CCC(=O)CC1. The minimum absolute atomic E-state index is 0.107. The van der Waals surface area contributed by atoms with Gasteiger partial charge in [-0.05, 0) is 26.2 Å². The molecule has 0 saturated heterocycles. The summed E-state index contributed by atoms with van der Waals surface area (Å²) in [6, 6.07) is 0. The fourth-order valence-corrected chi connectivity index (χ4v) is 3.05. The Hall–Kier alpha value is -0.270. The highest BCUT2D eigenvalue weighted by Gasteiger charge is 2.58. The number of hydrogen-bond donors (Lipinski definition) is 1. The van der Waals surface area contributed by atoms with E-state index in [9.17, 15) is 22.5 Å². The second kappa shape index (κ2) is 5.79. The summed E-state index contributed by atoms with van der Waals surface area (Å²) in [4.78, 5) is 11.1. The van der Waals surface area contributed by atoms with E-state index in [4.69, 9.17) is 0 Å². The van der Waals surface area contributed by atoms with Crippen LogP contribution in [0.15, 0.2) is 0 Å². The fourth-order valence-electron chi connectivity index (χ4n) is 1.84. The highest BCUT2D eigenvalue weighted by atomic mass is 32.2. The van der Waals surface area contributed by atoms with Gasteiger partial charge >= 0.3 is 6.18 Å². The van der Waals surface area contributed by atoms with E-state index in [0.29, 0.717) is 6.42 Å². The van der Waals surface area contributed by atoms with E-state index in [1.165, 1.54) is 0 Å². The maximum atomic E-state index is 13.1. The molecule has 0 aromatic heterocycles. The van der Waals surface area contributed by atoms with Gasteiger partial charge in [-0.1, -0.05) is 6.92 Å². The van der Waals surface area contributed by atoms with Gasteiger partial charge in [-0.25, -0.2) is 0 Å². The van der Waals surface area contributed by atoms with E-state index in [1.807, 2.05) is 0 Å². The number of alkyl halides is 3. The second-order valence-electron chi connectivity index (χ2n) is 4.74. The molecular weight excluding hydrogens is 267 g/mol. The molecule has 1 fully saturated rings. The zero-order valence-electron chi connectivity index (χ0n) is 10.5. The average Bonchev–Trinajstić information content (AvgIpc) is 2.29. The summed E-state index contributed by atoms with van der Waals surface area (Å²) in [6.07, 6.45) is -4.81. The van der Waals surface area contributed by atoms with Crippen LogP contribution in [0.1, 0.15) is 46.0 Å². The Labute approximate surface area is 108 Å². The largest absolute Gasteiger partial charge is 0.598 e. The first-order chi connectivity index (χ1) is 8.22. The molecule has 0 radical (unpaired) electrons. The number of Topliss-reactive ketones (excluding diaryl/α,β-unsaturated/α-hetero) is 1. The van der Waals surface area contributed by atoms with Crippen LogP contribution in [0, 0.1) is 0 Å². The van der Waals surface area contributed by atoms with E-state index >= 15 is 0 Å². The topological polar surface area (TPSA) is 52.2 Å². The number of nitrogens with one attached hydrogen (secondary N) is 1. The van der Waals surface area contributed by atoms with Gasteiger partial charge in [0.1, 0.15) is 11.0 Å². The minimum Gasteiger partial charge on any atom is -0.598 e. The Bertz CT molecular complexity index is 299. The lowest BCUT2D eigenvalue weighted by molar-refractivity contribution is -0.199. The van der Waals surface area contributed by atoms with E-state index in [0.717, 1.165) is 0 Å². The lowest BCUT2D eigenvalue weighted by Gasteiger charge is -2.39. The number of rotatable bonds is 4. The Morgan fingerprint density at radius 1 is 1.44 bits per heavy atom. The molecule has 0 bridgehead atoms. The minimum atomic E-state index is -4.49. The summed E-state index contributed by atoms with van der Waals surface area (Å²) in [5, 5.41) is -0.346. The van der Waals surface area contributed by atoms with Crippen molar-refractivity contribution < 1.29 is 22.5 Å². The predicted molar refractivity (Wildman–Crippen MR) is 63.3 cm³/mol. The Balaban J connectivity index is 2.83. The smallest absolute Gasteiger partial charge is 0.410 e. The van der Waals surface area contributed by atoms with Crippen LogP contribution in [0.3, 0.4) is 0 Å². The molecule has 0 aliphatic heterocycles. The molecule has 2 unspecified atom stereocenters. The van der Waals surface area contributed by atoms with Crippen molar-refractivity contribution in [1.29, 1.82) is 0 Å². The van der Waals surface area contributed by atoms with Gasteiger partial charge in [-0.3, -0.25) is 4.79 Å². The molecule has 1 aliphatic carbocycles. The molecule has 0 aromatic carbocycles. The van der Waals surface area contributed by atoms with E-state index < -0.39 is 23.1 Å². The highest BCUT2D eigenvalue weighted by molar-refractivity contribution is 7.90. The summed E-state index contributed by atoms with van der Waals surface area (Å²) in [5.74, 6) is -0.161. The molecule has 1 saturated carbocycles. The summed E-state index contributed by atoms with van der Waals surface area (Å²) < 4.78 is 53.5. The Morgan fingerprint density at radius 3 is 2.33 bits per heavy atom. The van der Waals surface area contributed by atoms with Gasteiger partial charge in [0.2, 0.25) is 0 Å². The molecule has 1 rings (SSSR count). The van der Waals surface area contributed by atoms with Crippen molar-refractivity contribution in [1.82, 2.24) is 4.72 Å². The maximum Gasteiger partial charge on any atom is 0.410 e. The number of halogens is 3. The van der Waals surface area contributed by atoms with Crippen LogP contribution in [-0.2, 0) is 16.2 Å². The zero-order chi connectivity index (χ0) is 14.0. The molecule has 18 heavy (non-hydrogen) atoms. The molecule has 2 atom stereocenters. The van der Waals surface area contributed by atoms with Crippen molar-refractivity contribution in [3.63, 3.8) is 0 Å². The van der Waals surface area contributed by atoms with Gasteiger partial charge in [-0.2, -0.15) is 13.2 Å². The summed E-state index contributed by atoms with van der Waals surface area (Å²) in [6.45, 7) is 3.41. The molecule has 3 nitrogen and oxygen atoms in total. The Morgan fingerprint density at radius 2 is 1.94 bits per heavy atom. The lowest BCUT2D eigenvalue weighted by atomic mass is 9.81. The van der Waals surface area contributed by atoms with Crippen molar-refractivity contribution in [3.05, 3.63) is 0 Å². The second-order valence-corrected chi connectivity index (χ2v) is 6.34. The predicted octanol–water partition coefficient (Wildman–Crippen LogP) is 2.48. The maximum absolute atomic E-state index is 13.1. The van der Waals surface area contributed by atoms with Gasteiger partial charge in [0.15, 0.2) is 5.54 Å². The van der Waals surface area contributed by atoms with Crippen LogP contribution in [0.5, 0.6) is 0 Å². The van der Waals surface area contributed by atoms with Gasteiger partial charge in [0.05, 0.1) is 0 Å². The highest BCUT2D eigenvalue weighted by Crippen LogP contribution is 2.41. The first kappa shape index (κ1) is 15.8. The molecule has 0 heterocycles. The van der Waals surface area contributed by atoms with Crippen molar-refractivity contribution in [3.8, 4) is 0 Å². The molecule has 0 aromatic rings. The molecule has 0 spiro atoms. The van der Waals surface area contributed by atoms with Gasteiger partial charge in [0.25, 0.3) is 0 Å². The van der Waals surface area contributed by atoms with E-state index in [1.54, 1.807) is 13.8 Å². The van der Waals surface area contributed by atoms with Gasteiger partial charge in [0, 0.05) is 24.2 Å². The van der Waals surface area contributed by atoms with Crippen LogP contribution in [0.2, 0.25) is 0 Å². The third-order valence-corrected chi connectivity index (χ3v) is 5.10. The van der Waals surface area contributed by atoms with Crippen LogP contribution in [-0.4, -0.2) is 27.3 Å². The normalized spacial score (nSPS) is 23.8. The standard InChI is InChI=1S/C11H18F3NO2S/c1-3-8(2)18(17)15-10(11(12,13)14)6-4-9(16)5-7-10/h8,15H,3-7H2,1-2H3. The third-order valence-electron chi connectivity index (χ3n) is 3.44. The zero-order valence-corrected chi connectivity index (χ0v) is 11.3. The van der Waals surface area contributed by atoms with E-state index in [2.05, 4.69) is 4.72 Å². The average molecular weight is 285 g/mol. The first-order valence-electron chi connectivity index (χ1n) is 5.98. The van der Waals surface area contributed by atoms with Crippen LogP contribution >= 0.6 is 0 Å². The molecule has 0 amide bonds. The van der Waals surface area contributed by atoms with Crippen molar-refractivity contribution in [2.24, 2.45) is 0 Å². The summed E-state index contributed by atoms with van der Waals surface area (Å²) in [7, 11) is 0. The monoisotopic (exact) mass is 285 g/mol. The van der Waals surface area contributed by atoms with E-state index in [-0.39, 0.29) is 36.7 Å². The van der Waals surface area contributed by atoms with Crippen molar-refractivity contribution >= 4 is 17.1 Å². The molecule has 1 N–H and O–H groups in total. The van der Waals surface area contributed by atoms with Crippen LogP contribution in [0.25, 0.3) is 0 Å². The molecule has 7 heteroatoms. The third kappa shape index (κ3) is 3.39. The quantitative estimate of drug-likeness (QED) is 0.807. The van der Waals surface area contributed by atoms with Gasteiger partial charge in [-0.15, -0.1) is 4.72 Å². The summed E-state index contributed by atoms with van der Waals surface area (Å²) in [5.41, 5.74) is -2.17. The molecule has 1 aliphatic rings. The summed E-state index contributed by atoms with van der Waals surface area (Å²) >= 11 is -1.74. The molecule has 106 valence electrons. The fraction of sp³-hybridized carbons (Fsp3) is 0.909. The number of hydrogen-bond acceptors (Lipinski definition) is 3. The van der Waals surface area contributed by atoms with Crippen molar-refractivity contribution in [2.75, 3.05) is 0 Å². The number of carbonyl (C=O) groups is 1. The van der Waals surface area contributed by atoms with Crippen LogP contribution in [0.4, 0.5) is 13.2 Å².